The van der Waals surface area contributed by atoms with E-state index in [2.05, 4.69) is 242 Å². The van der Waals surface area contributed by atoms with E-state index in [1.165, 1.54) is 66.3 Å². The molecule has 10 aromatic carbocycles. The van der Waals surface area contributed by atoms with E-state index in [9.17, 15) is 0 Å². The maximum atomic E-state index is 6.52. The second-order valence-corrected chi connectivity index (χ2v) is 18.1. The van der Waals surface area contributed by atoms with E-state index in [4.69, 9.17) is 4.42 Å². The zero-order valence-electron chi connectivity index (χ0n) is 36.7. The van der Waals surface area contributed by atoms with Gasteiger partial charge in [0, 0.05) is 55.3 Å². The zero-order valence-corrected chi connectivity index (χ0v) is 36.7. The molecular formula is C63H44N2O. The van der Waals surface area contributed by atoms with Gasteiger partial charge in [0.25, 0.3) is 0 Å². The van der Waals surface area contributed by atoms with E-state index < -0.39 is 0 Å². The van der Waals surface area contributed by atoms with Crippen molar-refractivity contribution in [3.8, 4) is 50.2 Å². The van der Waals surface area contributed by atoms with Gasteiger partial charge < -0.3 is 13.9 Å². The highest BCUT2D eigenvalue weighted by Gasteiger charge is 2.36. The fraction of sp³-hybridized carbons (Fsp3) is 0.0476. The molecule has 0 radical (unpaired) electrons. The molecule has 0 atom stereocenters. The van der Waals surface area contributed by atoms with Crippen LogP contribution < -0.4 is 4.90 Å². The molecule has 312 valence electrons. The maximum absolute atomic E-state index is 6.52. The first-order chi connectivity index (χ1) is 32.5. The van der Waals surface area contributed by atoms with Crippen LogP contribution in [0.3, 0.4) is 0 Å². The number of furan rings is 1. The van der Waals surface area contributed by atoms with Crippen LogP contribution in [0.1, 0.15) is 25.0 Å². The SMILES string of the molecule is CC1(C)c2ccccc2-c2cc3c4cc(-c5ccc(N(c6ccc(-c7ccccc7)cc6)c6cccc(-c7cccc8c7oc7ccccc78)c6)cc5)ccc4n(-c4ccccc4)c3cc21. The van der Waals surface area contributed by atoms with Gasteiger partial charge in [-0.15, -0.1) is 0 Å². The van der Waals surface area contributed by atoms with Crippen LogP contribution in [-0.2, 0) is 5.41 Å². The van der Waals surface area contributed by atoms with E-state index in [-0.39, 0.29) is 5.41 Å². The number of para-hydroxylation sites is 3. The minimum Gasteiger partial charge on any atom is -0.455 e. The Morgan fingerprint density at radius 3 is 1.74 bits per heavy atom. The summed E-state index contributed by atoms with van der Waals surface area (Å²) < 4.78 is 8.96. The number of nitrogens with zero attached hydrogens (tertiary/aromatic N) is 2. The number of rotatable bonds is 7. The summed E-state index contributed by atoms with van der Waals surface area (Å²) in [5, 5.41) is 4.77. The molecule has 0 spiro atoms. The summed E-state index contributed by atoms with van der Waals surface area (Å²) in [5.41, 5.74) is 20.9. The fourth-order valence-corrected chi connectivity index (χ4v) is 10.7. The van der Waals surface area contributed by atoms with Crippen molar-refractivity contribution in [3.63, 3.8) is 0 Å². The third-order valence-corrected chi connectivity index (χ3v) is 14.0. The molecule has 0 unspecified atom stereocenters. The number of hydrogen-bond donors (Lipinski definition) is 0. The van der Waals surface area contributed by atoms with Crippen molar-refractivity contribution < 1.29 is 4.42 Å². The van der Waals surface area contributed by atoms with Crippen molar-refractivity contribution in [1.29, 1.82) is 0 Å². The molecule has 0 N–H and O–H groups in total. The van der Waals surface area contributed by atoms with Gasteiger partial charge in [0.15, 0.2) is 0 Å². The molecule has 0 aliphatic heterocycles. The lowest BCUT2D eigenvalue weighted by molar-refractivity contribution is 0.661. The topological polar surface area (TPSA) is 21.3 Å². The maximum Gasteiger partial charge on any atom is 0.143 e. The number of benzene rings is 10. The second-order valence-electron chi connectivity index (χ2n) is 18.1. The minimum atomic E-state index is -0.0906. The van der Waals surface area contributed by atoms with Gasteiger partial charge in [-0.25, -0.2) is 0 Å². The highest BCUT2D eigenvalue weighted by atomic mass is 16.3. The Bertz CT molecular complexity index is 3820. The van der Waals surface area contributed by atoms with Gasteiger partial charge in [-0.05, 0) is 129 Å². The van der Waals surface area contributed by atoms with Crippen molar-refractivity contribution in [2.75, 3.05) is 4.90 Å². The molecule has 1 aliphatic carbocycles. The Morgan fingerprint density at radius 1 is 0.364 bits per heavy atom. The molecule has 2 heterocycles. The highest BCUT2D eigenvalue weighted by Crippen LogP contribution is 2.51. The van der Waals surface area contributed by atoms with Crippen molar-refractivity contribution >= 4 is 60.8 Å². The Morgan fingerprint density at radius 2 is 0.955 bits per heavy atom. The van der Waals surface area contributed by atoms with Crippen molar-refractivity contribution in [1.82, 2.24) is 4.57 Å². The Hall–Kier alpha value is -8.40. The van der Waals surface area contributed by atoms with Gasteiger partial charge in [-0.1, -0.05) is 166 Å². The van der Waals surface area contributed by atoms with E-state index in [0.717, 1.165) is 55.8 Å². The molecule has 0 fully saturated rings. The Labute approximate surface area is 384 Å². The lowest BCUT2D eigenvalue weighted by Gasteiger charge is -2.26. The molecule has 12 aromatic rings. The Balaban J connectivity index is 0.933. The normalized spacial score (nSPS) is 12.8. The lowest BCUT2D eigenvalue weighted by atomic mass is 9.82. The van der Waals surface area contributed by atoms with Crippen LogP contribution >= 0.6 is 0 Å². The monoisotopic (exact) mass is 844 g/mol. The number of anilines is 3. The molecule has 3 nitrogen and oxygen atoms in total. The van der Waals surface area contributed by atoms with E-state index in [0.29, 0.717) is 0 Å². The second kappa shape index (κ2) is 14.8. The first-order valence-corrected chi connectivity index (χ1v) is 22.8. The molecule has 1 aliphatic rings. The summed E-state index contributed by atoms with van der Waals surface area (Å²) in [6, 6.07) is 83.7. The van der Waals surface area contributed by atoms with E-state index in [1.54, 1.807) is 0 Å². The minimum absolute atomic E-state index is 0.0906. The van der Waals surface area contributed by atoms with Gasteiger partial charge in [-0.3, -0.25) is 0 Å². The molecule has 13 rings (SSSR count). The largest absolute Gasteiger partial charge is 0.455 e. The molecule has 0 saturated heterocycles. The van der Waals surface area contributed by atoms with Crippen molar-refractivity contribution in [2.45, 2.75) is 19.3 Å². The average molecular weight is 845 g/mol. The predicted octanol–water partition coefficient (Wildman–Crippen LogP) is 17.5. The molecule has 2 aromatic heterocycles. The third-order valence-electron chi connectivity index (χ3n) is 14.0. The summed E-state index contributed by atoms with van der Waals surface area (Å²) in [6.45, 7) is 4.72. The van der Waals surface area contributed by atoms with Gasteiger partial charge in [0.2, 0.25) is 0 Å². The van der Waals surface area contributed by atoms with E-state index >= 15 is 0 Å². The summed E-state index contributed by atoms with van der Waals surface area (Å²) >= 11 is 0. The van der Waals surface area contributed by atoms with Crippen molar-refractivity contribution in [2.24, 2.45) is 0 Å². The quantitative estimate of drug-likeness (QED) is 0.159. The highest BCUT2D eigenvalue weighted by molar-refractivity contribution is 6.13. The smallest absolute Gasteiger partial charge is 0.143 e. The van der Waals surface area contributed by atoms with Crippen LogP contribution in [0.15, 0.2) is 235 Å². The first kappa shape index (κ1) is 38.1. The first-order valence-electron chi connectivity index (χ1n) is 22.8. The van der Waals surface area contributed by atoms with Crippen LogP contribution in [0.5, 0.6) is 0 Å². The van der Waals surface area contributed by atoms with Crippen LogP contribution in [0.25, 0.3) is 93.9 Å². The summed E-state index contributed by atoms with van der Waals surface area (Å²) in [5.74, 6) is 0. The average Bonchev–Trinajstić information content (AvgIpc) is 3.99. The fourth-order valence-electron chi connectivity index (χ4n) is 10.7. The van der Waals surface area contributed by atoms with E-state index in [1.807, 2.05) is 12.1 Å². The van der Waals surface area contributed by atoms with Crippen LogP contribution in [0.4, 0.5) is 17.1 Å². The lowest BCUT2D eigenvalue weighted by Crippen LogP contribution is -2.14. The zero-order chi connectivity index (χ0) is 43.9. The predicted molar refractivity (Wildman–Crippen MR) is 277 cm³/mol. The van der Waals surface area contributed by atoms with Gasteiger partial charge >= 0.3 is 0 Å². The van der Waals surface area contributed by atoms with Gasteiger partial charge in [0.1, 0.15) is 11.2 Å². The summed E-state index contributed by atoms with van der Waals surface area (Å²) in [6.07, 6.45) is 0. The molecular weight excluding hydrogens is 801 g/mol. The van der Waals surface area contributed by atoms with Gasteiger partial charge in [0.05, 0.1) is 11.0 Å². The third kappa shape index (κ3) is 5.97. The standard InChI is InChI=1S/C63H44N2O/c1-63(2)57-25-11-9-21-51(57)54-39-56-55-38-44(31-36-59(55)65(60(56)40-58(54)63)46-18-7-4-8-19-46)43-29-34-48(35-30-43)64(47-32-27-42(28-33-47)41-15-5-3-6-16-41)49-20-13-17-45(37-49)50-23-14-24-53-52-22-10-12-26-61(52)66-62(50)53/h3-40H,1-2H3. The number of aromatic nitrogens is 1. The molecule has 0 saturated carbocycles. The van der Waals surface area contributed by atoms with Crippen LogP contribution in [0, 0.1) is 0 Å². The number of hydrogen-bond acceptors (Lipinski definition) is 2. The van der Waals surface area contributed by atoms with Gasteiger partial charge in [-0.2, -0.15) is 0 Å². The number of fused-ring (bicyclic) bond motifs is 9. The van der Waals surface area contributed by atoms with Crippen LogP contribution in [-0.4, -0.2) is 4.57 Å². The molecule has 66 heavy (non-hydrogen) atoms. The van der Waals surface area contributed by atoms with Crippen molar-refractivity contribution in [3.05, 3.63) is 242 Å². The molecule has 0 bridgehead atoms. The molecule has 0 amide bonds. The molecule has 3 heteroatoms. The van der Waals surface area contributed by atoms with Crippen LogP contribution in [0.2, 0.25) is 0 Å². The summed E-state index contributed by atoms with van der Waals surface area (Å²) in [7, 11) is 0. The Kier molecular flexibility index (Phi) is 8.56. The summed E-state index contributed by atoms with van der Waals surface area (Å²) in [4.78, 5) is 2.36.